The van der Waals surface area contributed by atoms with Crippen LogP contribution in [0.3, 0.4) is 0 Å². The number of nitrogens with one attached hydrogen (secondary N) is 1. The zero-order valence-corrected chi connectivity index (χ0v) is 18.3. The summed E-state index contributed by atoms with van der Waals surface area (Å²) in [6.45, 7) is 7.29. The Morgan fingerprint density at radius 1 is 0.889 bits per heavy atom. The van der Waals surface area contributed by atoms with Crippen molar-refractivity contribution in [3.63, 3.8) is 0 Å². The number of aliphatic hydroxyl groups excluding tert-OH is 2. The van der Waals surface area contributed by atoms with Gasteiger partial charge in [0.25, 0.3) is 0 Å². The minimum atomic E-state index is -0.953. The highest BCUT2D eigenvalue weighted by Gasteiger charge is 2.23. The maximum atomic E-state index is 11.9. The van der Waals surface area contributed by atoms with Gasteiger partial charge in [-0.2, -0.15) is 0 Å². The fourth-order valence-corrected chi connectivity index (χ4v) is 3.15. The lowest BCUT2D eigenvalue weighted by Gasteiger charge is -2.26. The van der Waals surface area contributed by atoms with Crippen molar-refractivity contribution in [3.05, 3.63) is 0 Å². The van der Waals surface area contributed by atoms with Gasteiger partial charge < -0.3 is 20.3 Å². The standard InChI is InChI=1S/C22H45NO4/c1-5-6-7-8-9-10-11-12-13-14-15-16-17-19(20(25)18-24)23-21(26)27-22(2,3)4/h19-20,24-25H,5-18H2,1-4H3,(H,23,26)/t19-,20+/m1/s1. The molecule has 3 N–H and O–H groups in total. The van der Waals surface area contributed by atoms with Crippen molar-refractivity contribution in [2.75, 3.05) is 6.61 Å². The predicted molar refractivity (Wildman–Crippen MR) is 112 cm³/mol. The molecule has 0 rings (SSSR count). The number of rotatable bonds is 16. The molecule has 0 fully saturated rings. The lowest BCUT2D eigenvalue weighted by atomic mass is 10.0. The van der Waals surface area contributed by atoms with Crippen LogP contribution in [0.4, 0.5) is 4.79 Å². The molecule has 0 saturated carbocycles. The smallest absolute Gasteiger partial charge is 0.407 e. The molecule has 5 heteroatoms. The van der Waals surface area contributed by atoms with Crippen molar-refractivity contribution >= 4 is 6.09 Å². The van der Waals surface area contributed by atoms with E-state index >= 15 is 0 Å². The van der Waals surface area contributed by atoms with E-state index in [9.17, 15) is 15.0 Å². The van der Waals surface area contributed by atoms with Gasteiger partial charge in [-0.3, -0.25) is 0 Å². The van der Waals surface area contributed by atoms with Crippen molar-refractivity contribution in [2.24, 2.45) is 0 Å². The van der Waals surface area contributed by atoms with Gasteiger partial charge in [0.2, 0.25) is 0 Å². The summed E-state index contributed by atoms with van der Waals surface area (Å²) >= 11 is 0. The van der Waals surface area contributed by atoms with Gasteiger partial charge in [-0.05, 0) is 27.2 Å². The molecule has 0 aromatic carbocycles. The Morgan fingerprint density at radius 3 is 1.74 bits per heavy atom. The third kappa shape index (κ3) is 17.0. The van der Waals surface area contributed by atoms with Gasteiger partial charge in [0.05, 0.1) is 18.8 Å². The SMILES string of the molecule is CCCCCCCCCCCCCC[C@@H](NC(=O)OC(C)(C)C)[C@@H](O)CO. The summed E-state index contributed by atoms with van der Waals surface area (Å²) in [7, 11) is 0. The van der Waals surface area contributed by atoms with Crippen LogP contribution in [0.5, 0.6) is 0 Å². The van der Waals surface area contributed by atoms with E-state index in [4.69, 9.17) is 4.74 Å². The van der Waals surface area contributed by atoms with Crippen molar-refractivity contribution in [2.45, 2.75) is 129 Å². The zero-order chi connectivity index (χ0) is 20.5. The van der Waals surface area contributed by atoms with Gasteiger partial charge in [-0.25, -0.2) is 4.79 Å². The zero-order valence-electron chi connectivity index (χ0n) is 18.3. The van der Waals surface area contributed by atoms with Crippen molar-refractivity contribution in [1.82, 2.24) is 5.32 Å². The Labute approximate surface area is 167 Å². The lowest BCUT2D eigenvalue weighted by molar-refractivity contribution is 0.0302. The molecule has 0 bridgehead atoms. The van der Waals surface area contributed by atoms with Crippen LogP contribution in [0.15, 0.2) is 0 Å². The first-order chi connectivity index (χ1) is 12.8. The second-order valence-electron chi connectivity index (χ2n) is 8.68. The molecule has 27 heavy (non-hydrogen) atoms. The lowest BCUT2D eigenvalue weighted by Crippen LogP contribution is -2.46. The van der Waals surface area contributed by atoms with Gasteiger partial charge in [0.1, 0.15) is 5.60 Å². The maximum Gasteiger partial charge on any atom is 0.407 e. The van der Waals surface area contributed by atoms with Crippen LogP contribution >= 0.6 is 0 Å². The first kappa shape index (κ1) is 26.2. The van der Waals surface area contributed by atoms with E-state index in [1.165, 1.54) is 64.2 Å². The van der Waals surface area contributed by atoms with Crippen LogP contribution in [-0.4, -0.2) is 40.7 Å². The number of aliphatic hydroxyl groups is 2. The van der Waals surface area contributed by atoms with Crippen molar-refractivity contribution in [3.8, 4) is 0 Å². The van der Waals surface area contributed by atoms with E-state index in [-0.39, 0.29) is 6.61 Å². The van der Waals surface area contributed by atoms with Crippen LogP contribution in [0.2, 0.25) is 0 Å². The van der Waals surface area contributed by atoms with Gasteiger partial charge >= 0.3 is 6.09 Å². The predicted octanol–water partition coefficient (Wildman–Crippen LogP) is 5.32. The molecule has 0 heterocycles. The normalized spacial score (nSPS) is 14.0. The molecule has 0 unspecified atom stereocenters. The Bertz CT molecular complexity index is 355. The molecular formula is C22H45NO4. The highest BCUT2D eigenvalue weighted by atomic mass is 16.6. The average molecular weight is 388 g/mol. The Kier molecular flexibility index (Phi) is 15.7. The van der Waals surface area contributed by atoms with E-state index in [0.717, 1.165) is 12.8 Å². The highest BCUT2D eigenvalue weighted by molar-refractivity contribution is 5.68. The largest absolute Gasteiger partial charge is 0.444 e. The van der Waals surface area contributed by atoms with Crippen LogP contribution < -0.4 is 5.32 Å². The number of ether oxygens (including phenoxy) is 1. The summed E-state index contributed by atoms with van der Waals surface area (Å²) in [6.07, 6.45) is 14.4. The first-order valence-electron chi connectivity index (χ1n) is 11.1. The molecule has 0 saturated heterocycles. The fourth-order valence-electron chi connectivity index (χ4n) is 3.15. The van der Waals surface area contributed by atoms with E-state index < -0.39 is 23.8 Å². The highest BCUT2D eigenvalue weighted by Crippen LogP contribution is 2.14. The molecule has 0 spiro atoms. The summed E-state index contributed by atoms with van der Waals surface area (Å²) in [4.78, 5) is 11.9. The number of alkyl carbamates (subject to hydrolysis) is 1. The van der Waals surface area contributed by atoms with Crippen LogP contribution in [0.25, 0.3) is 0 Å². The average Bonchev–Trinajstić information content (AvgIpc) is 2.59. The number of hydrogen-bond donors (Lipinski definition) is 3. The second kappa shape index (κ2) is 16.2. The summed E-state index contributed by atoms with van der Waals surface area (Å²) in [5.74, 6) is 0. The number of amides is 1. The van der Waals surface area contributed by atoms with Gasteiger partial charge in [-0.15, -0.1) is 0 Å². The van der Waals surface area contributed by atoms with E-state index in [2.05, 4.69) is 12.2 Å². The minimum Gasteiger partial charge on any atom is -0.444 e. The van der Waals surface area contributed by atoms with E-state index in [1.807, 2.05) is 0 Å². The van der Waals surface area contributed by atoms with E-state index in [0.29, 0.717) is 6.42 Å². The third-order valence-corrected chi connectivity index (χ3v) is 4.72. The molecule has 0 aromatic rings. The van der Waals surface area contributed by atoms with E-state index in [1.54, 1.807) is 20.8 Å². The molecular weight excluding hydrogens is 342 g/mol. The molecule has 0 aliphatic carbocycles. The van der Waals surface area contributed by atoms with Gasteiger partial charge in [0.15, 0.2) is 0 Å². The summed E-state index contributed by atoms with van der Waals surface area (Å²) < 4.78 is 5.23. The molecule has 0 aromatic heterocycles. The topological polar surface area (TPSA) is 78.8 Å². The summed E-state index contributed by atoms with van der Waals surface area (Å²) in [6, 6.07) is -0.465. The molecule has 2 atom stereocenters. The van der Waals surface area contributed by atoms with Crippen molar-refractivity contribution < 1.29 is 19.7 Å². The summed E-state index contributed by atoms with van der Waals surface area (Å²) in [5.41, 5.74) is -0.575. The number of hydrogen-bond acceptors (Lipinski definition) is 4. The molecule has 162 valence electrons. The molecule has 0 aliphatic rings. The van der Waals surface area contributed by atoms with Crippen LogP contribution in [-0.2, 0) is 4.74 Å². The Hall–Kier alpha value is -0.810. The van der Waals surface area contributed by atoms with Gasteiger partial charge in [-0.1, -0.05) is 84.0 Å². The Balaban J connectivity index is 3.78. The Morgan fingerprint density at radius 2 is 1.33 bits per heavy atom. The number of unbranched alkanes of at least 4 members (excludes halogenated alkanes) is 11. The summed E-state index contributed by atoms with van der Waals surface area (Å²) in [5, 5.41) is 21.8. The number of carbonyl (C=O) groups is 1. The van der Waals surface area contributed by atoms with Gasteiger partial charge in [0, 0.05) is 0 Å². The third-order valence-electron chi connectivity index (χ3n) is 4.72. The molecule has 1 amide bonds. The molecule has 5 nitrogen and oxygen atoms in total. The van der Waals surface area contributed by atoms with Crippen molar-refractivity contribution in [1.29, 1.82) is 0 Å². The molecule has 0 radical (unpaired) electrons. The monoisotopic (exact) mass is 387 g/mol. The van der Waals surface area contributed by atoms with Crippen LogP contribution in [0.1, 0.15) is 111 Å². The molecule has 0 aliphatic heterocycles. The quantitative estimate of drug-likeness (QED) is 0.313. The second-order valence-corrected chi connectivity index (χ2v) is 8.68. The maximum absolute atomic E-state index is 11.9. The number of carbonyl (C=O) groups excluding carboxylic acids is 1. The first-order valence-corrected chi connectivity index (χ1v) is 11.1. The fraction of sp³-hybridized carbons (Fsp3) is 0.955. The van der Waals surface area contributed by atoms with Crippen LogP contribution in [0, 0.1) is 0 Å². The minimum absolute atomic E-state index is 0.362.